The van der Waals surface area contributed by atoms with Gasteiger partial charge in [0, 0.05) is 5.41 Å². The molecule has 5 nitrogen and oxygen atoms in total. The average molecular weight is 407 g/mol. The van der Waals surface area contributed by atoms with Crippen molar-refractivity contribution in [1.82, 2.24) is 9.78 Å². The third kappa shape index (κ3) is 5.09. The van der Waals surface area contributed by atoms with Gasteiger partial charge in [0.2, 0.25) is 0 Å². The van der Waals surface area contributed by atoms with Gasteiger partial charge in [-0.2, -0.15) is 5.10 Å². The predicted molar refractivity (Wildman–Crippen MR) is 118 cm³/mol. The van der Waals surface area contributed by atoms with Crippen molar-refractivity contribution in [2.75, 3.05) is 0 Å². The largest absolute Gasteiger partial charge is 0.487 e. The van der Waals surface area contributed by atoms with E-state index in [1.165, 1.54) is 5.56 Å². The number of aromatic nitrogens is 2. The number of carbonyl (C=O) groups is 1. The molecule has 0 spiro atoms. The second kappa shape index (κ2) is 9.16. The van der Waals surface area contributed by atoms with Crippen LogP contribution in [0.25, 0.3) is 5.69 Å². The smallest absolute Gasteiger partial charge is 0.304 e. The van der Waals surface area contributed by atoms with Crippen LogP contribution in [-0.2, 0) is 29.7 Å². The lowest BCUT2D eigenvalue weighted by molar-refractivity contribution is -0.138. The zero-order chi connectivity index (χ0) is 21.7. The maximum atomic E-state index is 11.1. The molecule has 0 saturated heterocycles. The molecular formula is C25H30N2O3. The van der Waals surface area contributed by atoms with E-state index in [4.69, 9.17) is 14.9 Å². The van der Waals surface area contributed by atoms with Gasteiger partial charge in [-0.3, -0.25) is 4.79 Å². The molecule has 0 saturated carbocycles. The van der Waals surface area contributed by atoms with Crippen molar-refractivity contribution in [3.8, 4) is 11.4 Å². The third-order valence-corrected chi connectivity index (χ3v) is 5.40. The quantitative estimate of drug-likeness (QED) is 0.522. The average Bonchev–Trinajstić information content (AvgIpc) is 3.15. The number of carboxylic acids is 1. The first-order valence-electron chi connectivity index (χ1n) is 10.4. The number of nitrogens with zero attached hydrogens (tertiary/aromatic N) is 2. The molecule has 0 amide bonds. The van der Waals surface area contributed by atoms with Crippen LogP contribution in [0.1, 0.15) is 56.6 Å². The Morgan fingerprint density at radius 2 is 1.70 bits per heavy atom. The number of hydrogen-bond acceptors (Lipinski definition) is 3. The van der Waals surface area contributed by atoms with Crippen molar-refractivity contribution in [2.45, 2.75) is 59.0 Å². The highest BCUT2D eigenvalue weighted by atomic mass is 16.5. The lowest BCUT2D eigenvalue weighted by Crippen LogP contribution is -2.21. The van der Waals surface area contributed by atoms with Crippen molar-refractivity contribution in [1.29, 1.82) is 0 Å². The van der Waals surface area contributed by atoms with E-state index < -0.39 is 11.4 Å². The Kier molecular flexibility index (Phi) is 6.60. The van der Waals surface area contributed by atoms with E-state index in [0.29, 0.717) is 6.61 Å². The van der Waals surface area contributed by atoms with E-state index in [1.54, 1.807) is 0 Å². The number of rotatable bonds is 9. The van der Waals surface area contributed by atoms with Gasteiger partial charge in [0.05, 0.1) is 23.5 Å². The summed E-state index contributed by atoms with van der Waals surface area (Å²) < 4.78 is 7.98. The Hall–Kier alpha value is -3.08. The van der Waals surface area contributed by atoms with Crippen LogP contribution in [0, 0.1) is 0 Å². The SMILES string of the molecule is CCc1ccc(-n2nc(CC)cc2COc2ccc(C(C)(C)CC(=O)O)cc2)cc1. The fraction of sp³-hybridized carbons (Fsp3) is 0.360. The zero-order valence-electron chi connectivity index (χ0n) is 18.2. The van der Waals surface area contributed by atoms with Crippen molar-refractivity contribution in [2.24, 2.45) is 0 Å². The number of hydrogen-bond donors (Lipinski definition) is 1. The van der Waals surface area contributed by atoms with Crippen LogP contribution in [0.4, 0.5) is 0 Å². The number of carboxylic acid groups (broad SMARTS) is 1. The van der Waals surface area contributed by atoms with Crippen molar-refractivity contribution < 1.29 is 14.6 Å². The van der Waals surface area contributed by atoms with Gasteiger partial charge in [0.25, 0.3) is 0 Å². The van der Waals surface area contributed by atoms with E-state index in [1.807, 2.05) is 42.8 Å². The molecule has 3 aromatic rings. The molecule has 1 heterocycles. The highest BCUT2D eigenvalue weighted by Gasteiger charge is 2.24. The van der Waals surface area contributed by atoms with Gasteiger partial charge in [-0.1, -0.05) is 52.0 Å². The summed E-state index contributed by atoms with van der Waals surface area (Å²) in [6.45, 7) is 8.51. The summed E-state index contributed by atoms with van der Waals surface area (Å²) in [5, 5.41) is 13.8. The molecule has 0 unspecified atom stereocenters. The van der Waals surface area contributed by atoms with Crippen molar-refractivity contribution >= 4 is 5.97 Å². The molecule has 158 valence electrons. The highest BCUT2D eigenvalue weighted by molar-refractivity contribution is 5.68. The maximum Gasteiger partial charge on any atom is 0.304 e. The summed E-state index contributed by atoms with van der Waals surface area (Å²) >= 11 is 0. The van der Waals surface area contributed by atoms with Gasteiger partial charge in [-0.05, 0) is 54.3 Å². The molecule has 5 heteroatoms. The standard InChI is InChI=1S/C25H30N2O3/c1-5-18-7-11-21(12-8-18)27-22(15-20(6-2)26-27)17-30-23-13-9-19(10-14-23)25(3,4)16-24(28)29/h7-15H,5-6,16-17H2,1-4H3,(H,28,29). The van der Waals surface area contributed by atoms with E-state index in [0.717, 1.165) is 41.2 Å². The van der Waals surface area contributed by atoms with Crippen molar-refractivity contribution in [3.05, 3.63) is 77.1 Å². The molecule has 2 aromatic carbocycles. The molecule has 0 fully saturated rings. The highest BCUT2D eigenvalue weighted by Crippen LogP contribution is 2.29. The van der Waals surface area contributed by atoms with Gasteiger partial charge < -0.3 is 9.84 Å². The molecule has 3 rings (SSSR count). The Bertz CT molecular complexity index is 986. The summed E-state index contributed by atoms with van der Waals surface area (Å²) in [5.74, 6) is -0.0516. The van der Waals surface area contributed by atoms with Gasteiger partial charge in [-0.25, -0.2) is 4.68 Å². The van der Waals surface area contributed by atoms with Gasteiger partial charge >= 0.3 is 5.97 Å². The molecule has 1 aromatic heterocycles. The second-order valence-electron chi connectivity index (χ2n) is 8.18. The molecular weight excluding hydrogens is 376 g/mol. The zero-order valence-corrected chi connectivity index (χ0v) is 18.2. The molecule has 0 aliphatic heterocycles. The Morgan fingerprint density at radius 1 is 1.03 bits per heavy atom. The minimum atomic E-state index is -0.799. The molecule has 0 bridgehead atoms. The minimum absolute atomic E-state index is 0.0863. The summed E-state index contributed by atoms with van der Waals surface area (Å²) in [4.78, 5) is 11.1. The Labute approximate surface area is 178 Å². The molecule has 0 aliphatic carbocycles. The molecule has 30 heavy (non-hydrogen) atoms. The first kappa shape index (κ1) is 21.6. The first-order chi connectivity index (χ1) is 14.3. The number of aryl methyl sites for hydroxylation is 2. The second-order valence-corrected chi connectivity index (χ2v) is 8.18. The van der Waals surface area contributed by atoms with Crippen molar-refractivity contribution in [3.63, 3.8) is 0 Å². The molecule has 0 radical (unpaired) electrons. The third-order valence-electron chi connectivity index (χ3n) is 5.40. The van der Waals surface area contributed by atoms with Gasteiger partial charge in [-0.15, -0.1) is 0 Å². The fourth-order valence-electron chi connectivity index (χ4n) is 3.49. The topological polar surface area (TPSA) is 64.4 Å². The van der Waals surface area contributed by atoms with Gasteiger partial charge in [0.1, 0.15) is 12.4 Å². The lowest BCUT2D eigenvalue weighted by atomic mass is 9.82. The normalized spacial score (nSPS) is 11.5. The predicted octanol–water partition coefficient (Wildman–Crippen LogP) is 5.33. The number of benzene rings is 2. The molecule has 0 aliphatic rings. The molecule has 1 N–H and O–H groups in total. The summed E-state index contributed by atoms with van der Waals surface area (Å²) in [6, 6.07) is 18.2. The fourth-order valence-corrected chi connectivity index (χ4v) is 3.49. The van der Waals surface area contributed by atoms with Crippen LogP contribution >= 0.6 is 0 Å². The van der Waals surface area contributed by atoms with E-state index in [-0.39, 0.29) is 6.42 Å². The van der Waals surface area contributed by atoms with Crippen LogP contribution in [0.3, 0.4) is 0 Å². The van der Waals surface area contributed by atoms with Crippen LogP contribution in [0.2, 0.25) is 0 Å². The van der Waals surface area contributed by atoms with E-state index in [2.05, 4.69) is 44.2 Å². The minimum Gasteiger partial charge on any atom is -0.487 e. The number of aliphatic carboxylic acids is 1. The van der Waals surface area contributed by atoms with E-state index >= 15 is 0 Å². The van der Waals surface area contributed by atoms with E-state index in [9.17, 15) is 4.79 Å². The van der Waals surface area contributed by atoms with Crippen LogP contribution in [-0.4, -0.2) is 20.9 Å². The lowest BCUT2D eigenvalue weighted by Gasteiger charge is -2.23. The first-order valence-corrected chi connectivity index (χ1v) is 10.4. The Morgan fingerprint density at radius 3 is 2.27 bits per heavy atom. The Balaban J connectivity index is 1.75. The summed E-state index contributed by atoms with van der Waals surface area (Å²) in [5.41, 5.74) is 4.89. The van der Waals surface area contributed by atoms with Crippen LogP contribution in [0.15, 0.2) is 54.6 Å². The van der Waals surface area contributed by atoms with Crippen LogP contribution in [0.5, 0.6) is 5.75 Å². The number of ether oxygens (including phenoxy) is 1. The van der Waals surface area contributed by atoms with Crippen LogP contribution < -0.4 is 4.74 Å². The maximum absolute atomic E-state index is 11.1. The van der Waals surface area contributed by atoms with Gasteiger partial charge in [0.15, 0.2) is 0 Å². The summed E-state index contributed by atoms with van der Waals surface area (Å²) in [6.07, 6.45) is 1.96. The molecule has 0 atom stereocenters. The summed E-state index contributed by atoms with van der Waals surface area (Å²) in [7, 11) is 0. The monoisotopic (exact) mass is 406 g/mol.